The van der Waals surface area contributed by atoms with Gasteiger partial charge in [0.25, 0.3) is 0 Å². The topological polar surface area (TPSA) is 26.3 Å². The molecular weight excluding hydrogens is 279 g/mol. The van der Waals surface area contributed by atoms with Crippen LogP contribution in [0.2, 0.25) is 5.02 Å². The summed E-state index contributed by atoms with van der Waals surface area (Å²) in [4.78, 5) is 12.2. The molecule has 0 aromatic heterocycles. The first kappa shape index (κ1) is 14.5. The van der Waals surface area contributed by atoms with Crippen molar-refractivity contribution >= 4 is 17.4 Å². The third-order valence-corrected chi connectivity index (χ3v) is 3.39. The highest BCUT2D eigenvalue weighted by Gasteiger charge is 2.13. The minimum atomic E-state index is -0.406. The van der Waals surface area contributed by atoms with Crippen molar-refractivity contribution in [2.24, 2.45) is 0 Å². The maximum Gasteiger partial charge on any atom is 0.168 e. The molecule has 0 amide bonds. The Hall–Kier alpha value is -1.87. The van der Waals surface area contributed by atoms with Crippen LogP contribution in [0.1, 0.15) is 21.5 Å². The molecule has 0 saturated heterocycles. The van der Waals surface area contributed by atoms with Gasteiger partial charge in [0, 0.05) is 12.0 Å². The molecule has 104 valence electrons. The molecule has 0 radical (unpaired) electrons. The molecule has 2 aromatic carbocycles. The Bertz CT molecular complexity index is 636. The van der Waals surface area contributed by atoms with Crippen molar-refractivity contribution in [3.05, 3.63) is 63.9 Å². The van der Waals surface area contributed by atoms with Gasteiger partial charge in [-0.1, -0.05) is 23.7 Å². The zero-order chi connectivity index (χ0) is 14.7. The molecule has 0 aliphatic rings. The Morgan fingerprint density at radius 2 is 1.90 bits per heavy atom. The smallest absolute Gasteiger partial charge is 0.168 e. The van der Waals surface area contributed by atoms with Crippen LogP contribution < -0.4 is 4.74 Å². The van der Waals surface area contributed by atoms with E-state index < -0.39 is 5.82 Å². The Balaban J connectivity index is 2.21. The van der Waals surface area contributed by atoms with E-state index in [-0.39, 0.29) is 17.2 Å². The molecule has 0 N–H and O–H groups in total. The lowest BCUT2D eigenvalue weighted by Crippen LogP contribution is -2.05. The Morgan fingerprint density at radius 1 is 1.25 bits per heavy atom. The molecule has 0 fully saturated rings. The molecule has 0 atom stereocenters. The largest absolute Gasteiger partial charge is 0.497 e. The first-order valence-corrected chi connectivity index (χ1v) is 6.51. The average molecular weight is 293 g/mol. The van der Waals surface area contributed by atoms with Gasteiger partial charge in [-0.05, 0) is 42.3 Å². The number of rotatable bonds is 4. The fourth-order valence-corrected chi connectivity index (χ4v) is 2.15. The van der Waals surface area contributed by atoms with Gasteiger partial charge in [0.1, 0.15) is 11.6 Å². The van der Waals surface area contributed by atoms with E-state index in [1.54, 1.807) is 26.2 Å². The van der Waals surface area contributed by atoms with Crippen molar-refractivity contribution in [2.75, 3.05) is 7.11 Å². The molecule has 0 spiro atoms. The van der Waals surface area contributed by atoms with Crippen LogP contribution in [0.3, 0.4) is 0 Å². The minimum Gasteiger partial charge on any atom is -0.497 e. The summed E-state index contributed by atoms with van der Waals surface area (Å²) in [5.74, 6) is 0.191. The van der Waals surface area contributed by atoms with Gasteiger partial charge in [0.15, 0.2) is 5.78 Å². The van der Waals surface area contributed by atoms with Gasteiger partial charge in [-0.25, -0.2) is 4.39 Å². The molecule has 0 aliphatic heterocycles. The van der Waals surface area contributed by atoms with Crippen LogP contribution in [0, 0.1) is 12.7 Å². The predicted molar refractivity (Wildman–Crippen MR) is 77.2 cm³/mol. The number of aryl methyl sites for hydroxylation is 1. The molecule has 0 aliphatic carbocycles. The highest BCUT2D eigenvalue weighted by Crippen LogP contribution is 2.22. The SMILES string of the molecule is COc1ccc(CC(=O)c2cc(C)c(F)cc2Cl)cc1. The number of hydrogen-bond acceptors (Lipinski definition) is 2. The summed E-state index contributed by atoms with van der Waals surface area (Å²) in [5.41, 5.74) is 1.61. The summed E-state index contributed by atoms with van der Waals surface area (Å²) in [6.45, 7) is 1.61. The second-order valence-corrected chi connectivity index (χ2v) is 4.94. The molecule has 4 heteroatoms. The maximum atomic E-state index is 13.3. The van der Waals surface area contributed by atoms with Crippen LogP contribution in [0.15, 0.2) is 36.4 Å². The van der Waals surface area contributed by atoms with Gasteiger partial charge in [0.2, 0.25) is 0 Å². The summed E-state index contributed by atoms with van der Waals surface area (Å²) < 4.78 is 18.4. The van der Waals surface area contributed by atoms with Gasteiger partial charge < -0.3 is 4.74 Å². The third-order valence-electron chi connectivity index (χ3n) is 3.07. The number of Topliss-reactive ketones (excluding diaryl/α,β-unsaturated/α-hetero) is 1. The van der Waals surface area contributed by atoms with E-state index in [1.165, 1.54) is 12.1 Å². The lowest BCUT2D eigenvalue weighted by Gasteiger charge is -2.07. The Kier molecular flexibility index (Phi) is 4.40. The normalized spacial score (nSPS) is 10.4. The quantitative estimate of drug-likeness (QED) is 0.789. The lowest BCUT2D eigenvalue weighted by atomic mass is 10.0. The van der Waals surface area contributed by atoms with Crippen LogP contribution in [-0.4, -0.2) is 12.9 Å². The van der Waals surface area contributed by atoms with Gasteiger partial charge >= 0.3 is 0 Å². The first-order valence-electron chi connectivity index (χ1n) is 6.13. The van der Waals surface area contributed by atoms with Gasteiger partial charge in [-0.3, -0.25) is 4.79 Å². The summed E-state index contributed by atoms with van der Waals surface area (Å²) in [7, 11) is 1.58. The summed E-state index contributed by atoms with van der Waals surface area (Å²) >= 11 is 5.93. The molecule has 2 aromatic rings. The van der Waals surface area contributed by atoms with E-state index in [9.17, 15) is 9.18 Å². The van der Waals surface area contributed by atoms with Crippen molar-refractivity contribution in [3.63, 3.8) is 0 Å². The van der Waals surface area contributed by atoms with Crippen LogP contribution >= 0.6 is 11.6 Å². The van der Waals surface area contributed by atoms with Gasteiger partial charge in [-0.2, -0.15) is 0 Å². The van der Waals surface area contributed by atoms with E-state index in [1.807, 2.05) is 12.1 Å². The van der Waals surface area contributed by atoms with E-state index in [2.05, 4.69) is 0 Å². The number of carbonyl (C=O) groups excluding carboxylic acids is 1. The number of hydrogen-bond donors (Lipinski definition) is 0. The molecule has 2 rings (SSSR count). The maximum absolute atomic E-state index is 13.3. The fourth-order valence-electron chi connectivity index (χ4n) is 1.89. The number of methoxy groups -OCH3 is 1. The van der Waals surface area contributed by atoms with Crippen molar-refractivity contribution in [1.82, 2.24) is 0 Å². The summed E-state index contributed by atoms with van der Waals surface area (Å²) in [6.07, 6.45) is 0.217. The second-order valence-electron chi connectivity index (χ2n) is 4.53. The second kappa shape index (κ2) is 6.06. The van der Waals surface area contributed by atoms with Crippen LogP contribution in [0.4, 0.5) is 4.39 Å². The number of carbonyl (C=O) groups is 1. The molecule has 0 saturated carbocycles. The zero-order valence-electron chi connectivity index (χ0n) is 11.2. The standard InChI is InChI=1S/C16H14ClFO2/c1-10-7-13(14(17)9-15(10)18)16(19)8-11-3-5-12(20-2)6-4-11/h3-7,9H,8H2,1-2H3. The predicted octanol–water partition coefficient (Wildman–Crippen LogP) is 4.22. The van der Waals surface area contributed by atoms with Crippen molar-refractivity contribution in [1.29, 1.82) is 0 Å². The van der Waals surface area contributed by atoms with Crippen molar-refractivity contribution < 1.29 is 13.9 Å². The molecule has 0 bridgehead atoms. The Morgan fingerprint density at radius 3 is 2.50 bits per heavy atom. The lowest BCUT2D eigenvalue weighted by molar-refractivity contribution is 0.0993. The summed E-state index contributed by atoms with van der Waals surface area (Å²) in [6, 6.07) is 9.89. The number of halogens is 2. The van der Waals surface area contributed by atoms with Crippen molar-refractivity contribution in [2.45, 2.75) is 13.3 Å². The third kappa shape index (κ3) is 3.17. The number of ether oxygens (including phenoxy) is 1. The van der Waals surface area contributed by atoms with Crippen molar-refractivity contribution in [3.8, 4) is 5.75 Å². The van der Waals surface area contributed by atoms with Gasteiger partial charge in [-0.15, -0.1) is 0 Å². The highest BCUT2D eigenvalue weighted by molar-refractivity contribution is 6.34. The molecular formula is C16H14ClFO2. The monoisotopic (exact) mass is 292 g/mol. The molecule has 0 heterocycles. The highest BCUT2D eigenvalue weighted by atomic mass is 35.5. The zero-order valence-corrected chi connectivity index (χ0v) is 12.0. The van der Waals surface area contributed by atoms with E-state index in [4.69, 9.17) is 16.3 Å². The number of ketones is 1. The average Bonchev–Trinajstić information content (AvgIpc) is 2.43. The Labute approximate surface area is 122 Å². The molecule has 2 nitrogen and oxygen atoms in total. The van der Waals surface area contributed by atoms with Crippen LogP contribution in [-0.2, 0) is 6.42 Å². The van der Waals surface area contributed by atoms with Gasteiger partial charge in [0.05, 0.1) is 12.1 Å². The van der Waals surface area contributed by atoms with E-state index in [0.717, 1.165) is 11.3 Å². The van der Waals surface area contributed by atoms with Crippen LogP contribution in [0.5, 0.6) is 5.75 Å². The van der Waals surface area contributed by atoms with E-state index >= 15 is 0 Å². The fraction of sp³-hybridized carbons (Fsp3) is 0.188. The minimum absolute atomic E-state index is 0.136. The molecule has 20 heavy (non-hydrogen) atoms. The summed E-state index contributed by atoms with van der Waals surface area (Å²) in [5, 5.41) is 0.145. The number of benzene rings is 2. The van der Waals surface area contributed by atoms with E-state index in [0.29, 0.717) is 11.1 Å². The van der Waals surface area contributed by atoms with Crippen LogP contribution in [0.25, 0.3) is 0 Å². The first-order chi connectivity index (χ1) is 9.51. The molecule has 0 unspecified atom stereocenters.